The van der Waals surface area contributed by atoms with Crippen LogP contribution >= 0.6 is 0 Å². The molecule has 0 saturated heterocycles. The van der Waals surface area contributed by atoms with E-state index in [0.29, 0.717) is 30.8 Å². The highest BCUT2D eigenvalue weighted by molar-refractivity contribution is 5.30. The number of nitrogen functional groups attached to an aromatic ring is 1. The Morgan fingerprint density at radius 2 is 2.05 bits per heavy atom. The molecule has 0 bridgehead atoms. The molecule has 2 N–H and O–H groups in total. The van der Waals surface area contributed by atoms with E-state index in [1.807, 2.05) is 6.92 Å². The molecule has 1 aromatic heterocycles. The number of methoxy groups -OCH3 is 1. The van der Waals surface area contributed by atoms with Crippen molar-refractivity contribution in [3.8, 4) is 0 Å². The van der Waals surface area contributed by atoms with Gasteiger partial charge in [-0.05, 0) is 25.7 Å². The first kappa shape index (κ1) is 15.2. The van der Waals surface area contributed by atoms with Crippen molar-refractivity contribution in [2.45, 2.75) is 51.7 Å². The Hall–Kier alpha value is -1.20. The minimum atomic E-state index is -0.0422. The summed E-state index contributed by atoms with van der Waals surface area (Å²) in [7, 11) is 1.65. The second-order valence-corrected chi connectivity index (χ2v) is 5.35. The van der Waals surface area contributed by atoms with E-state index in [0.717, 1.165) is 5.69 Å². The van der Waals surface area contributed by atoms with Crippen molar-refractivity contribution in [3.05, 3.63) is 17.6 Å². The first-order valence-electron chi connectivity index (χ1n) is 7.48. The van der Waals surface area contributed by atoms with Crippen LogP contribution in [0.25, 0.3) is 0 Å². The van der Waals surface area contributed by atoms with E-state index in [-0.39, 0.29) is 6.10 Å². The summed E-state index contributed by atoms with van der Waals surface area (Å²) in [4.78, 5) is 8.97. The fourth-order valence-corrected chi connectivity index (χ4v) is 2.93. The topological polar surface area (TPSA) is 70.3 Å². The number of hydrogen-bond donors (Lipinski definition) is 1. The van der Waals surface area contributed by atoms with Crippen molar-refractivity contribution >= 4 is 5.82 Å². The fraction of sp³-hybridized carbons (Fsp3) is 0.733. The molecule has 0 aliphatic heterocycles. The van der Waals surface area contributed by atoms with Crippen LogP contribution in [0.4, 0.5) is 5.82 Å². The van der Waals surface area contributed by atoms with Gasteiger partial charge in [-0.3, -0.25) is 0 Å². The van der Waals surface area contributed by atoms with Gasteiger partial charge in [0, 0.05) is 19.8 Å². The van der Waals surface area contributed by atoms with Gasteiger partial charge < -0.3 is 15.2 Å². The van der Waals surface area contributed by atoms with Crippen LogP contribution in [-0.4, -0.2) is 23.7 Å². The predicted octanol–water partition coefficient (Wildman–Crippen LogP) is 2.86. The quantitative estimate of drug-likeness (QED) is 0.867. The number of ether oxygens (including phenoxy) is 2. The predicted molar refractivity (Wildman–Crippen MR) is 78.1 cm³/mol. The second-order valence-electron chi connectivity index (χ2n) is 5.35. The lowest BCUT2D eigenvalue weighted by molar-refractivity contribution is -0.000424. The maximum absolute atomic E-state index is 5.93. The molecule has 1 fully saturated rings. The zero-order chi connectivity index (χ0) is 14.4. The molecule has 0 amide bonds. The van der Waals surface area contributed by atoms with E-state index < -0.39 is 0 Å². The van der Waals surface area contributed by atoms with Crippen LogP contribution in [0.1, 0.15) is 56.7 Å². The summed E-state index contributed by atoms with van der Waals surface area (Å²) in [5, 5.41) is 0. The van der Waals surface area contributed by atoms with E-state index in [2.05, 4.69) is 9.97 Å². The first-order chi connectivity index (χ1) is 9.74. The van der Waals surface area contributed by atoms with Crippen LogP contribution in [-0.2, 0) is 16.1 Å². The molecule has 5 heteroatoms. The summed E-state index contributed by atoms with van der Waals surface area (Å²) < 4.78 is 11.1. The van der Waals surface area contributed by atoms with Crippen LogP contribution < -0.4 is 5.73 Å². The third kappa shape index (κ3) is 3.90. The first-order valence-corrected chi connectivity index (χ1v) is 7.48. The van der Waals surface area contributed by atoms with Crippen molar-refractivity contribution in [2.24, 2.45) is 5.92 Å². The third-order valence-electron chi connectivity index (χ3n) is 3.79. The molecule has 1 aliphatic rings. The van der Waals surface area contributed by atoms with Crippen molar-refractivity contribution in [1.82, 2.24) is 9.97 Å². The molecule has 0 radical (unpaired) electrons. The zero-order valence-corrected chi connectivity index (χ0v) is 12.5. The largest absolute Gasteiger partial charge is 0.384 e. The molecule has 1 aliphatic carbocycles. The average Bonchev–Trinajstić information content (AvgIpc) is 2.45. The lowest BCUT2D eigenvalue weighted by Gasteiger charge is -2.29. The van der Waals surface area contributed by atoms with Gasteiger partial charge in [0.05, 0.1) is 12.3 Å². The summed E-state index contributed by atoms with van der Waals surface area (Å²) in [6.45, 7) is 3.13. The van der Waals surface area contributed by atoms with Gasteiger partial charge in [0.1, 0.15) is 11.9 Å². The van der Waals surface area contributed by atoms with Crippen LogP contribution in [0.5, 0.6) is 0 Å². The molecule has 2 rings (SSSR count). The number of anilines is 1. The Balaban J connectivity index is 2.22. The van der Waals surface area contributed by atoms with Crippen molar-refractivity contribution in [1.29, 1.82) is 0 Å². The Morgan fingerprint density at radius 1 is 1.30 bits per heavy atom. The number of hydrogen-bond acceptors (Lipinski definition) is 5. The highest BCUT2D eigenvalue weighted by atomic mass is 16.5. The van der Waals surface area contributed by atoms with E-state index in [4.69, 9.17) is 15.2 Å². The van der Waals surface area contributed by atoms with Crippen LogP contribution in [0.2, 0.25) is 0 Å². The van der Waals surface area contributed by atoms with Crippen LogP contribution in [0.3, 0.4) is 0 Å². The molecule has 112 valence electrons. The average molecular weight is 279 g/mol. The number of rotatable bonds is 6. The Kier molecular flexibility index (Phi) is 5.73. The molecule has 1 aromatic rings. The number of nitrogens with zero attached hydrogens (tertiary/aromatic N) is 2. The van der Waals surface area contributed by atoms with E-state index in [1.165, 1.54) is 32.1 Å². The van der Waals surface area contributed by atoms with E-state index in [1.54, 1.807) is 13.2 Å². The van der Waals surface area contributed by atoms with Crippen LogP contribution in [0.15, 0.2) is 6.07 Å². The zero-order valence-electron chi connectivity index (χ0n) is 12.5. The lowest BCUT2D eigenvalue weighted by atomic mass is 9.85. The van der Waals surface area contributed by atoms with E-state index >= 15 is 0 Å². The van der Waals surface area contributed by atoms with Crippen molar-refractivity contribution < 1.29 is 9.47 Å². The molecule has 1 atom stereocenters. The summed E-state index contributed by atoms with van der Waals surface area (Å²) in [6.07, 6.45) is 6.18. The molecule has 5 nitrogen and oxygen atoms in total. The smallest absolute Gasteiger partial charge is 0.160 e. The van der Waals surface area contributed by atoms with Gasteiger partial charge in [-0.25, -0.2) is 9.97 Å². The standard InChI is InChI=1S/C15H25N3O2/c1-3-20-14(11-7-5-4-6-8-11)15-17-12(10-19-2)9-13(16)18-15/h9,11,14H,3-8,10H2,1-2H3,(H2,16,17,18). The summed E-state index contributed by atoms with van der Waals surface area (Å²) in [5.74, 6) is 1.70. The SMILES string of the molecule is CCOC(c1nc(N)cc(COC)n1)C1CCCCC1. The fourth-order valence-electron chi connectivity index (χ4n) is 2.93. The lowest BCUT2D eigenvalue weighted by Crippen LogP contribution is -2.22. The Labute approximate surface area is 120 Å². The van der Waals surface area contributed by atoms with Gasteiger partial charge in [-0.1, -0.05) is 19.3 Å². The minimum absolute atomic E-state index is 0.0422. The van der Waals surface area contributed by atoms with Gasteiger partial charge in [-0.15, -0.1) is 0 Å². The summed E-state index contributed by atoms with van der Waals surface area (Å²) in [6, 6.07) is 1.76. The maximum atomic E-state index is 5.93. The van der Waals surface area contributed by atoms with Gasteiger partial charge in [0.25, 0.3) is 0 Å². The molecule has 0 aromatic carbocycles. The van der Waals surface area contributed by atoms with Crippen molar-refractivity contribution in [3.63, 3.8) is 0 Å². The molecule has 1 saturated carbocycles. The molecular formula is C15H25N3O2. The van der Waals surface area contributed by atoms with Crippen molar-refractivity contribution in [2.75, 3.05) is 19.5 Å². The van der Waals surface area contributed by atoms with E-state index in [9.17, 15) is 0 Å². The minimum Gasteiger partial charge on any atom is -0.384 e. The monoisotopic (exact) mass is 279 g/mol. The molecule has 20 heavy (non-hydrogen) atoms. The summed E-state index contributed by atoms with van der Waals surface area (Å²) >= 11 is 0. The van der Waals surface area contributed by atoms with Gasteiger partial charge >= 0.3 is 0 Å². The molecule has 0 spiro atoms. The third-order valence-corrected chi connectivity index (χ3v) is 3.79. The maximum Gasteiger partial charge on any atom is 0.160 e. The van der Waals surface area contributed by atoms with Gasteiger partial charge in [0.2, 0.25) is 0 Å². The van der Waals surface area contributed by atoms with Gasteiger partial charge in [0.15, 0.2) is 5.82 Å². The second kappa shape index (κ2) is 7.55. The molecular weight excluding hydrogens is 254 g/mol. The highest BCUT2D eigenvalue weighted by Crippen LogP contribution is 2.35. The highest BCUT2D eigenvalue weighted by Gasteiger charge is 2.28. The number of nitrogens with two attached hydrogens (primary N) is 1. The van der Waals surface area contributed by atoms with Gasteiger partial charge in [-0.2, -0.15) is 0 Å². The van der Waals surface area contributed by atoms with Crippen LogP contribution in [0, 0.1) is 5.92 Å². The summed E-state index contributed by atoms with van der Waals surface area (Å²) in [5.41, 5.74) is 6.71. The normalized spacial score (nSPS) is 18.1. The number of aromatic nitrogens is 2. The molecule has 1 heterocycles. The Morgan fingerprint density at radius 3 is 2.70 bits per heavy atom. The Bertz CT molecular complexity index is 420. The molecule has 1 unspecified atom stereocenters.